The number of aryl methyl sites for hydroxylation is 1. The van der Waals surface area contributed by atoms with E-state index in [-0.39, 0.29) is 12.4 Å². The fraction of sp³-hybridized carbons (Fsp3) is 0.167. The lowest BCUT2D eigenvalue weighted by Gasteiger charge is -2.11. The van der Waals surface area contributed by atoms with Gasteiger partial charge in [-0.3, -0.25) is 0 Å². The van der Waals surface area contributed by atoms with Crippen LogP contribution in [0.2, 0.25) is 5.02 Å². The molecule has 0 atom stereocenters. The molecule has 0 fully saturated rings. The van der Waals surface area contributed by atoms with Crippen LogP contribution in [-0.2, 0) is 13.0 Å². The van der Waals surface area contributed by atoms with Gasteiger partial charge in [0.1, 0.15) is 23.8 Å². The molecule has 0 unspecified atom stereocenters. The lowest BCUT2D eigenvalue weighted by atomic mass is 10.1. The van der Waals surface area contributed by atoms with E-state index < -0.39 is 5.63 Å². The zero-order valence-corrected chi connectivity index (χ0v) is 13.2. The SMILES string of the molecule is CCc1cc(=O)oc2cc(OCc3ccccc3F)c(Cl)cc12. The Morgan fingerprint density at radius 1 is 1.17 bits per heavy atom. The van der Waals surface area contributed by atoms with Gasteiger partial charge in [0, 0.05) is 23.1 Å². The first kappa shape index (κ1) is 15.6. The molecule has 1 heterocycles. The van der Waals surface area contributed by atoms with Gasteiger partial charge in [-0.15, -0.1) is 0 Å². The molecule has 0 N–H and O–H groups in total. The molecule has 0 amide bonds. The number of benzene rings is 2. The highest BCUT2D eigenvalue weighted by Gasteiger charge is 2.11. The number of halogens is 2. The van der Waals surface area contributed by atoms with Gasteiger partial charge in [0.05, 0.1) is 5.02 Å². The van der Waals surface area contributed by atoms with Crippen molar-refractivity contribution in [2.45, 2.75) is 20.0 Å². The summed E-state index contributed by atoms with van der Waals surface area (Å²) >= 11 is 6.24. The number of ether oxygens (including phenoxy) is 1. The lowest BCUT2D eigenvalue weighted by Crippen LogP contribution is -2.02. The number of fused-ring (bicyclic) bond motifs is 1. The standard InChI is InChI=1S/C18H14ClFO3/c1-2-11-7-18(21)23-16-9-17(14(19)8-13(11)16)22-10-12-5-3-4-6-15(12)20/h3-9H,2,10H2,1H3. The molecule has 0 radical (unpaired) electrons. The van der Waals surface area contributed by atoms with E-state index >= 15 is 0 Å². The van der Waals surface area contributed by atoms with Crippen LogP contribution in [0.3, 0.4) is 0 Å². The zero-order valence-electron chi connectivity index (χ0n) is 12.4. The maximum absolute atomic E-state index is 13.6. The van der Waals surface area contributed by atoms with Gasteiger partial charge in [0.2, 0.25) is 0 Å². The molecule has 0 aliphatic heterocycles. The van der Waals surface area contributed by atoms with E-state index in [1.165, 1.54) is 12.1 Å². The van der Waals surface area contributed by atoms with Crippen LogP contribution in [0, 0.1) is 5.82 Å². The van der Waals surface area contributed by atoms with Gasteiger partial charge in [0.25, 0.3) is 0 Å². The van der Waals surface area contributed by atoms with Crippen molar-refractivity contribution in [1.82, 2.24) is 0 Å². The van der Waals surface area contributed by atoms with Gasteiger partial charge in [-0.05, 0) is 24.1 Å². The molecular weight excluding hydrogens is 319 g/mol. The average Bonchev–Trinajstić information content (AvgIpc) is 2.54. The summed E-state index contributed by atoms with van der Waals surface area (Å²) in [7, 11) is 0. The van der Waals surface area contributed by atoms with Crippen molar-refractivity contribution in [3.8, 4) is 5.75 Å². The van der Waals surface area contributed by atoms with Crippen molar-refractivity contribution in [2.75, 3.05) is 0 Å². The summed E-state index contributed by atoms with van der Waals surface area (Å²) in [4.78, 5) is 11.6. The van der Waals surface area contributed by atoms with Crippen molar-refractivity contribution in [3.05, 3.63) is 74.9 Å². The van der Waals surface area contributed by atoms with E-state index in [0.29, 0.717) is 28.3 Å². The van der Waals surface area contributed by atoms with Gasteiger partial charge >= 0.3 is 5.63 Å². The quantitative estimate of drug-likeness (QED) is 0.648. The van der Waals surface area contributed by atoms with Crippen LogP contribution in [0.25, 0.3) is 11.0 Å². The Morgan fingerprint density at radius 2 is 1.96 bits per heavy atom. The topological polar surface area (TPSA) is 39.4 Å². The molecule has 0 bridgehead atoms. The maximum atomic E-state index is 13.6. The minimum atomic E-state index is -0.420. The Hall–Kier alpha value is -2.33. The number of rotatable bonds is 4. The van der Waals surface area contributed by atoms with Gasteiger partial charge in [-0.1, -0.05) is 36.7 Å². The van der Waals surface area contributed by atoms with E-state index in [4.69, 9.17) is 20.8 Å². The Morgan fingerprint density at radius 3 is 2.70 bits per heavy atom. The summed E-state index contributed by atoms with van der Waals surface area (Å²) in [5, 5.41) is 1.16. The van der Waals surface area contributed by atoms with E-state index in [0.717, 1.165) is 10.9 Å². The highest BCUT2D eigenvalue weighted by molar-refractivity contribution is 6.32. The molecule has 5 heteroatoms. The van der Waals surface area contributed by atoms with Crippen LogP contribution in [0.1, 0.15) is 18.1 Å². The third kappa shape index (κ3) is 3.22. The van der Waals surface area contributed by atoms with Gasteiger partial charge in [0.15, 0.2) is 0 Å². The molecule has 0 aliphatic carbocycles. The predicted molar refractivity (Wildman–Crippen MR) is 87.6 cm³/mol. The normalized spacial score (nSPS) is 10.9. The summed E-state index contributed by atoms with van der Waals surface area (Å²) in [5.74, 6) is 0.00281. The zero-order chi connectivity index (χ0) is 16.4. The molecular formula is C18H14ClFO3. The van der Waals surface area contributed by atoms with Gasteiger partial charge in [-0.2, -0.15) is 0 Å². The minimum Gasteiger partial charge on any atom is -0.487 e. The second-order valence-corrected chi connectivity index (χ2v) is 5.51. The van der Waals surface area contributed by atoms with Gasteiger partial charge in [-0.25, -0.2) is 9.18 Å². The molecule has 2 aromatic carbocycles. The molecule has 3 aromatic rings. The maximum Gasteiger partial charge on any atom is 0.336 e. The highest BCUT2D eigenvalue weighted by Crippen LogP contribution is 2.32. The van der Waals surface area contributed by atoms with Crippen molar-refractivity contribution >= 4 is 22.6 Å². The first-order chi connectivity index (χ1) is 11.1. The predicted octanol–water partition coefficient (Wildman–Crippen LogP) is 4.73. The van der Waals surface area contributed by atoms with Crippen LogP contribution >= 0.6 is 11.6 Å². The average molecular weight is 333 g/mol. The monoisotopic (exact) mass is 332 g/mol. The van der Waals surface area contributed by atoms with E-state index in [9.17, 15) is 9.18 Å². The Kier molecular flexibility index (Phi) is 4.35. The smallest absolute Gasteiger partial charge is 0.336 e. The summed E-state index contributed by atoms with van der Waals surface area (Å²) < 4.78 is 24.4. The summed E-state index contributed by atoms with van der Waals surface area (Å²) in [6, 6.07) is 11.1. The van der Waals surface area contributed by atoms with Crippen LogP contribution < -0.4 is 10.4 Å². The fourth-order valence-electron chi connectivity index (χ4n) is 2.40. The molecule has 1 aromatic heterocycles. The van der Waals surface area contributed by atoms with Crippen molar-refractivity contribution in [3.63, 3.8) is 0 Å². The first-order valence-corrected chi connectivity index (χ1v) is 7.58. The number of hydrogen-bond donors (Lipinski definition) is 0. The molecule has 0 aliphatic rings. The Bertz CT molecular complexity index is 918. The molecule has 3 rings (SSSR count). The highest BCUT2D eigenvalue weighted by atomic mass is 35.5. The van der Waals surface area contributed by atoms with Gasteiger partial charge < -0.3 is 9.15 Å². The van der Waals surface area contributed by atoms with E-state index in [1.807, 2.05) is 6.92 Å². The van der Waals surface area contributed by atoms with E-state index in [1.54, 1.807) is 30.3 Å². The molecule has 118 valence electrons. The second kappa shape index (κ2) is 6.42. The lowest BCUT2D eigenvalue weighted by molar-refractivity contribution is 0.300. The molecule has 0 saturated heterocycles. The minimum absolute atomic E-state index is 0.0373. The Labute approximate surface area is 137 Å². The van der Waals surface area contributed by atoms with Crippen molar-refractivity contribution in [1.29, 1.82) is 0 Å². The largest absolute Gasteiger partial charge is 0.487 e. The van der Waals surface area contributed by atoms with E-state index in [2.05, 4.69) is 0 Å². The molecule has 0 saturated carbocycles. The third-order valence-electron chi connectivity index (χ3n) is 3.60. The summed E-state index contributed by atoms with van der Waals surface area (Å²) in [5.41, 5.74) is 1.27. The molecule has 0 spiro atoms. The third-order valence-corrected chi connectivity index (χ3v) is 3.90. The van der Waals surface area contributed by atoms with Crippen molar-refractivity contribution < 1.29 is 13.5 Å². The summed E-state index contributed by atoms with van der Waals surface area (Å²) in [6.07, 6.45) is 0.688. The van der Waals surface area contributed by atoms with Crippen LogP contribution in [-0.4, -0.2) is 0 Å². The summed E-state index contributed by atoms with van der Waals surface area (Å²) in [6.45, 7) is 1.99. The first-order valence-electron chi connectivity index (χ1n) is 7.21. The second-order valence-electron chi connectivity index (χ2n) is 5.10. The van der Waals surface area contributed by atoms with Crippen molar-refractivity contribution in [2.24, 2.45) is 0 Å². The van der Waals surface area contributed by atoms with Crippen LogP contribution in [0.4, 0.5) is 4.39 Å². The van der Waals surface area contributed by atoms with Crippen LogP contribution in [0.5, 0.6) is 5.75 Å². The fourth-order valence-corrected chi connectivity index (χ4v) is 2.62. The Balaban J connectivity index is 1.97. The van der Waals surface area contributed by atoms with Crippen LogP contribution in [0.15, 0.2) is 51.7 Å². The molecule has 23 heavy (non-hydrogen) atoms. The molecule has 3 nitrogen and oxygen atoms in total. The number of hydrogen-bond acceptors (Lipinski definition) is 3.